The predicted molar refractivity (Wildman–Crippen MR) is 116 cm³/mol. The number of aryl methyl sites for hydroxylation is 3. The lowest BCUT2D eigenvalue weighted by Gasteiger charge is -2.19. The molecule has 1 saturated heterocycles. The third-order valence-corrected chi connectivity index (χ3v) is 6.09. The minimum absolute atomic E-state index is 0.285. The molecule has 1 amide bonds. The van der Waals surface area contributed by atoms with Crippen molar-refractivity contribution in [1.29, 1.82) is 0 Å². The van der Waals surface area contributed by atoms with Crippen molar-refractivity contribution in [2.45, 2.75) is 52.0 Å². The summed E-state index contributed by atoms with van der Waals surface area (Å²) >= 11 is 0. The monoisotopic (exact) mass is 407 g/mol. The van der Waals surface area contributed by atoms with Gasteiger partial charge >= 0.3 is 0 Å². The van der Waals surface area contributed by atoms with Gasteiger partial charge in [0.1, 0.15) is 17.2 Å². The van der Waals surface area contributed by atoms with E-state index in [9.17, 15) is 9.18 Å². The molecule has 0 saturated carbocycles. The van der Waals surface area contributed by atoms with Crippen LogP contribution in [0.15, 0.2) is 24.3 Å². The maximum atomic E-state index is 14.6. The van der Waals surface area contributed by atoms with Gasteiger partial charge < -0.3 is 14.8 Å². The third kappa shape index (κ3) is 3.42. The molecule has 5 rings (SSSR count). The van der Waals surface area contributed by atoms with Crippen LogP contribution in [0, 0.1) is 12.7 Å². The number of carbonyl (C=O) groups excluding carboxylic acids is 1. The standard InChI is InChI=1S/C23H26FN5O/c1-15-13-17(21-22(25-15)29-12-4-2-3-7-20(29)27-21)23(30)26-16-8-9-19(18(24)14-16)28-10-5-6-11-28/h8-9,13-14H,2-7,10-12H2,1H3,(H,26,30). The van der Waals surface area contributed by atoms with E-state index in [4.69, 9.17) is 4.98 Å². The zero-order chi connectivity index (χ0) is 20.7. The first kappa shape index (κ1) is 19.0. The zero-order valence-electron chi connectivity index (χ0n) is 17.2. The number of hydrogen-bond acceptors (Lipinski definition) is 4. The number of rotatable bonds is 3. The van der Waals surface area contributed by atoms with Crippen LogP contribution < -0.4 is 10.2 Å². The summed E-state index contributed by atoms with van der Waals surface area (Å²) in [6.45, 7) is 4.52. The molecule has 1 N–H and O–H groups in total. The van der Waals surface area contributed by atoms with Gasteiger partial charge in [0, 0.05) is 37.4 Å². The summed E-state index contributed by atoms with van der Waals surface area (Å²) in [4.78, 5) is 24.6. The van der Waals surface area contributed by atoms with E-state index < -0.39 is 0 Å². The Balaban J connectivity index is 1.45. The normalized spacial score (nSPS) is 16.5. The van der Waals surface area contributed by atoms with Crippen LogP contribution >= 0.6 is 0 Å². The van der Waals surface area contributed by atoms with E-state index in [1.807, 2.05) is 6.92 Å². The van der Waals surface area contributed by atoms with Crippen molar-refractivity contribution in [2.24, 2.45) is 0 Å². The summed E-state index contributed by atoms with van der Waals surface area (Å²) in [5, 5.41) is 2.85. The second-order valence-corrected chi connectivity index (χ2v) is 8.29. The molecule has 2 aromatic heterocycles. The van der Waals surface area contributed by atoms with E-state index in [1.165, 1.54) is 12.5 Å². The smallest absolute Gasteiger partial charge is 0.258 e. The van der Waals surface area contributed by atoms with E-state index in [0.29, 0.717) is 22.5 Å². The number of imidazole rings is 1. The summed E-state index contributed by atoms with van der Waals surface area (Å²) < 4.78 is 16.8. The fraction of sp³-hybridized carbons (Fsp3) is 0.435. The topological polar surface area (TPSA) is 63.1 Å². The first-order valence-electron chi connectivity index (χ1n) is 10.8. The molecule has 6 nitrogen and oxygen atoms in total. The Morgan fingerprint density at radius 3 is 2.63 bits per heavy atom. The van der Waals surface area contributed by atoms with Gasteiger partial charge in [-0.1, -0.05) is 6.42 Å². The molecule has 1 fully saturated rings. The van der Waals surface area contributed by atoms with Crippen molar-refractivity contribution in [2.75, 3.05) is 23.3 Å². The molecule has 0 aliphatic carbocycles. The van der Waals surface area contributed by atoms with Crippen molar-refractivity contribution in [1.82, 2.24) is 14.5 Å². The first-order chi connectivity index (χ1) is 14.6. The number of benzene rings is 1. The Morgan fingerprint density at radius 1 is 1.03 bits per heavy atom. The van der Waals surface area contributed by atoms with Gasteiger partial charge in [-0.3, -0.25) is 4.79 Å². The highest BCUT2D eigenvalue weighted by Crippen LogP contribution is 2.28. The lowest BCUT2D eigenvalue weighted by atomic mass is 10.1. The number of aromatic nitrogens is 3. The zero-order valence-corrected chi connectivity index (χ0v) is 17.2. The SMILES string of the molecule is Cc1cc(C(=O)Nc2ccc(N3CCCC3)c(F)c2)c2nc3n(c2n1)CCCCC3. The number of fused-ring (bicyclic) bond motifs is 3. The second-order valence-electron chi connectivity index (χ2n) is 8.29. The van der Waals surface area contributed by atoms with Crippen LogP contribution in [0.4, 0.5) is 15.8 Å². The van der Waals surface area contributed by atoms with Gasteiger partial charge in [0.25, 0.3) is 5.91 Å². The van der Waals surface area contributed by atoms with E-state index in [-0.39, 0.29) is 11.7 Å². The Bertz CT molecular complexity index is 1120. The van der Waals surface area contributed by atoms with Crippen LogP contribution in [0.2, 0.25) is 0 Å². The van der Waals surface area contributed by atoms with Gasteiger partial charge in [-0.05, 0) is 56.9 Å². The molecule has 0 atom stereocenters. The number of nitrogens with one attached hydrogen (secondary N) is 1. The molecular formula is C23H26FN5O. The predicted octanol–water partition coefficient (Wildman–Crippen LogP) is 4.46. The highest BCUT2D eigenvalue weighted by atomic mass is 19.1. The van der Waals surface area contributed by atoms with Crippen LogP contribution in [-0.2, 0) is 13.0 Å². The molecule has 0 bridgehead atoms. The van der Waals surface area contributed by atoms with Crippen LogP contribution in [0.3, 0.4) is 0 Å². The minimum atomic E-state index is -0.306. The Morgan fingerprint density at radius 2 is 1.83 bits per heavy atom. The highest BCUT2D eigenvalue weighted by Gasteiger charge is 2.22. The summed E-state index contributed by atoms with van der Waals surface area (Å²) in [6, 6.07) is 6.68. The van der Waals surface area contributed by atoms with Crippen molar-refractivity contribution in [3.63, 3.8) is 0 Å². The first-order valence-corrected chi connectivity index (χ1v) is 10.8. The molecule has 0 spiro atoms. The molecule has 30 heavy (non-hydrogen) atoms. The average Bonchev–Trinajstić information content (AvgIpc) is 3.30. The molecule has 2 aliphatic heterocycles. The van der Waals surface area contributed by atoms with E-state index in [1.54, 1.807) is 18.2 Å². The Hall–Kier alpha value is -2.96. The van der Waals surface area contributed by atoms with Gasteiger partial charge in [-0.25, -0.2) is 14.4 Å². The van der Waals surface area contributed by atoms with Gasteiger partial charge in [-0.2, -0.15) is 0 Å². The molecule has 4 heterocycles. The van der Waals surface area contributed by atoms with E-state index >= 15 is 0 Å². The number of halogens is 1. The molecular weight excluding hydrogens is 381 g/mol. The number of hydrogen-bond donors (Lipinski definition) is 1. The quantitative estimate of drug-likeness (QED) is 0.696. The number of amides is 1. The van der Waals surface area contributed by atoms with Crippen molar-refractivity contribution < 1.29 is 9.18 Å². The molecule has 2 aliphatic rings. The van der Waals surface area contributed by atoms with Crippen LogP contribution in [0.1, 0.15) is 54.0 Å². The average molecular weight is 407 g/mol. The van der Waals surface area contributed by atoms with Gasteiger partial charge in [0.05, 0.1) is 11.3 Å². The number of nitrogens with zero attached hydrogens (tertiary/aromatic N) is 4. The summed E-state index contributed by atoms with van der Waals surface area (Å²) in [7, 11) is 0. The number of carbonyl (C=O) groups is 1. The fourth-order valence-electron chi connectivity index (χ4n) is 4.59. The van der Waals surface area contributed by atoms with Crippen LogP contribution in [-0.4, -0.2) is 33.5 Å². The summed E-state index contributed by atoms with van der Waals surface area (Å²) in [5.41, 5.74) is 3.71. The molecule has 1 aromatic carbocycles. The molecule has 0 radical (unpaired) electrons. The van der Waals surface area contributed by atoms with Crippen LogP contribution in [0.25, 0.3) is 11.2 Å². The summed E-state index contributed by atoms with van der Waals surface area (Å²) in [5.74, 6) is 0.405. The van der Waals surface area contributed by atoms with E-state index in [2.05, 4.69) is 19.8 Å². The summed E-state index contributed by atoms with van der Waals surface area (Å²) in [6.07, 6.45) is 6.46. The number of anilines is 2. The van der Waals surface area contributed by atoms with Gasteiger partial charge in [0.15, 0.2) is 5.65 Å². The molecule has 3 aromatic rings. The lowest BCUT2D eigenvalue weighted by molar-refractivity contribution is 0.102. The highest BCUT2D eigenvalue weighted by molar-refractivity contribution is 6.11. The lowest BCUT2D eigenvalue weighted by Crippen LogP contribution is -2.19. The number of pyridine rings is 1. The molecule has 0 unspecified atom stereocenters. The molecule has 156 valence electrons. The van der Waals surface area contributed by atoms with E-state index in [0.717, 1.165) is 68.9 Å². The van der Waals surface area contributed by atoms with Crippen LogP contribution in [0.5, 0.6) is 0 Å². The fourth-order valence-corrected chi connectivity index (χ4v) is 4.59. The maximum Gasteiger partial charge on any atom is 0.258 e. The Labute approximate surface area is 175 Å². The third-order valence-electron chi connectivity index (χ3n) is 6.09. The largest absolute Gasteiger partial charge is 0.369 e. The van der Waals surface area contributed by atoms with Gasteiger partial charge in [-0.15, -0.1) is 0 Å². The van der Waals surface area contributed by atoms with Crippen molar-refractivity contribution in [3.05, 3.63) is 47.2 Å². The molecule has 7 heteroatoms. The maximum absolute atomic E-state index is 14.6. The van der Waals surface area contributed by atoms with Crippen molar-refractivity contribution >= 4 is 28.4 Å². The minimum Gasteiger partial charge on any atom is -0.369 e. The second kappa shape index (κ2) is 7.70. The Kier molecular flexibility index (Phi) is 4.89. The van der Waals surface area contributed by atoms with Crippen molar-refractivity contribution in [3.8, 4) is 0 Å². The van der Waals surface area contributed by atoms with Gasteiger partial charge in [0.2, 0.25) is 0 Å².